The summed E-state index contributed by atoms with van der Waals surface area (Å²) >= 11 is 1.57. The lowest BCUT2D eigenvalue weighted by molar-refractivity contribution is -0.254. The Bertz CT molecular complexity index is 797. The molecule has 1 saturated heterocycles. The summed E-state index contributed by atoms with van der Waals surface area (Å²) in [4.78, 5) is 25.4. The van der Waals surface area contributed by atoms with E-state index in [1.807, 2.05) is 6.92 Å². The Labute approximate surface area is 216 Å². The number of aliphatic hydroxyl groups excluding tert-OH is 4. The summed E-state index contributed by atoms with van der Waals surface area (Å²) in [6, 6.07) is -0.758. The first kappa shape index (κ1) is 30.5. The van der Waals surface area contributed by atoms with Crippen LogP contribution in [0.2, 0.25) is 0 Å². The number of carbonyl (C=O) groups excluding carboxylic acids is 2. The first-order chi connectivity index (χ1) is 17.3. The standard InChI is InChI=1S/C23H41N5O7S/c1-3-5-6-7-8-9-10-18(30)24-15(14-36-11-4-2)22(34)25-17-12-28(27-26-17)23-21(33)20(32)19(31)16(13-29)35-23/h12,15-16,19-21,23,29,31-33H,3-11,13-14H2,1-2H3,(H,24,30)(H,25,34)/t15-,16?,19?,20?,21?,23-/m1/s1. The Morgan fingerprint density at radius 3 is 2.50 bits per heavy atom. The van der Waals surface area contributed by atoms with Crippen molar-refractivity contribution in [1.29, 1.82) is 0 Å². The van der Waals surface area contributed by atoms with Gasteiger partial charge in [0.1, 0.15) is 30.5 Å². The van der Waals surface area contributed by atoms with E-state index in [0.29, 0.717) is 12.2 Å². The van der Waals surface area contributed by atoms with Crippen molar-refractivity contribution in [2.75, 3.05) is 23.4 Å². The van der Waals surface area contributed by atoms with E-state index in [1.54, 1.807) is 11.8 Å². The van der Waals surface area contributed by atoms with Gasteiger partial charge in [-0.1, -0.05) is 51.2 Å². The van der Waals surface area contributed by atoms with Gasteiger partial charge in [-0.25, -0.2) is 4.68 Å². The quantitative estimate of drug-likeness (QED) is 0.165. The van der Waals surface area contributed by atoms with E-state index in [2.05, 4.69) is 27.9 Å². The van der Waals surface area contributed by atoms with Crippen LogP contribution in [0.3, 0.4) is 0 Å². The maximum Gasteiger partial charge on any atom is 0.249 e. The SMILES string of the molecule is CCCCCCCCC(=O)N[C@H](CSCCC)C(=O)Nc1cn([C@@H]2OC(CO)C(O)C(O)C2O)nn1. The molecule has 0 radical (unpaired) electrons. The van der Waals surface area contributed by atoms with Crippen molar-refractivity contribution < 1.29 is 34.8 Å². The molecule has 1 fully saturated rings. The van der Waals surface area contributed by atoms with E-state index in [1.165, 1.54) is 25.5 Å². The number of aromatic nitrogens is 3. The van der Waals surface area contributed by atoms with Crippen LogP contribution in [0.1, 0.15) is 71.4 Å². The fourth-order valence-electron chi connectivity index (χ4n) is 3.83. The van der Waals surface area contributed by atoms with Crippen molar-refractivity contribution in [3.8, 4) is 0 Å². The van der Waals surface area contributed by atoms with Gasteiger partial charge in [0.05, 0.1) is 12.8 Å². The van der Waals surface area contributed by atoms with Gasteiger partial charge in [0.2, 0.25) is 11.8 Å². The molecule has 36 heavy (non-hydrogen) atoms. The Morgan fingerprint density at radius 1 is 1.08 bits per heavy atom. The summed E-state index contributed by atoms with van der Waals surface area (Å²) in [5.41, 5.74) is 0. The average Bonchev–Trinajstić information content (AvgIpc) is 3.32. The molecule has 0 bridgehead atoms. The number of carbonyl (C=O) groups is 2. The molecule has 206 valence electrons. The molecular weight excluding hydrogens is 490 g/mol. The van der Waals surface area contributed by atoms with Crippen LogP contribution in [0.4, 0.5) is 5.82 Å². The molecule has 1 aliphatic heterocycles. The van der Waals surface area contributed by atoms with Gasteiger partial charge in [-0.05, 0) is 18.6 Å². The van der Waals surface area contributed by atoms with Crippen LogP contribution in [0.5, 0.6) is 0 Å². The lowest BCUT2D eigenvalue weighted by atomic mass is 9.98. The highest BCUT2D eigenvalue weighted by atomic mass is 32.2. The minimum Gasteiger partial charge on any atom is -0.394 e. The fourth-order valence-corrected chi connectivity index (χ4v) is 4.76. The molecule has 2 rings (SSSR count). The van der Waals surface area contributed by atoms with Crippen LogP contribution < -0.4 is 10.6 Å². The molecule has 1 aromatic heterocycles. The normalized spacial score (nSPS) is 24.9. The highest BCUT2D eigenvalue weighted by Crippen LogP contribution is 2.28. The maximum atomic E-state index is 12.9. The number of nitrogens with zero attached hydrogens (tertiary/aromatic N) is 3. The third-order valence-electron chi connectivity index (χ3n) is 5.93. The molecule has 4 unspecified atom stereocenters. The predicted octanol–water partition coefficient (Wildman–Crippen LogP) is 0.568. The smallest absolute Gasteiger partial charge is 0.249 e. The largest absolute Gasteiger partial charge is 0.394 e. The first-order valence-corrected chi connectivity index (χ1v) is 13.9. The topological polar surface area (TPSA) is 179 Å². The third kappa shape index (κ3) is 9.27. The summed E-state index contributed by atoms with van der Waals surface area (Å²) < 4.78 is 6.54. The average molecular weight is 532 g/mol. The Kier molecular flexibility index (Phi) is 13.7. The Morgan fingerprint density at radius 2 is 1.81 bits per heavy atom. The zero-order valence-corrected chi connectivity index (χ0v) is 21.9. The zero-order valence-electron chi connectivity index (χ0n) is 21.1. The van der Waals surface area contributed by atoms with Gasteiger partial charge in [-0.15, -0.1) is 5.10 Å². The number of ether oxygens (including phenoxy) is 1. The second-order valence-electron chi connectivity index (χ2n) is 9.01. The van der Waals surface area contributed by atoms with Gasteiger partial charge in [0.25, 0.3) is 0 Å². The Hall–Kier alpha value is -1.77. The van der Waals surface area contributed by atoms with Gasteiger partial charge >= 0.3 is 0 Å². The summed E-state index contributed by atoms with van der Waals surface area (Å²) in [6.45, 7) is 3.62. The summed E-state index contributed by atoms with van der Waals surface area (Å²) in [5.74, 6) is 0.698. The predicted molar refractivity (Wildman–Crippen MR) is 135 cm³/mol. The van der Waals surface area contributed by atoms with Crippen molar-refractivity contribution >= 4 is 29.4 Å². The number of thioether (sulfide) groups is 1. The van der Waals surface area contributed by atoms with E-state index >= 15 is 0 Å². The van der Waals surface area contributed by atoms with Crippen molar-refractivity contribution in [3.05, 3.63) is 6.20 Å². The van der Waals surface area contributed by atoms with Gasteiger partial charge < -0.3 is 35.8 Å². The highest BCUT2D eigenvalue weighted by molar-refractivity contribution is 7.99. The van der Waals surface area contributed by atoms with Crippen LogP contribution >= 0.6 is 11.8 Å². The lowest BCUT2D eigenvalue weighted by Gasteiger charge is -2.39. The molecular formula is C23H41N5O7S. The third-order valence-corrected chi connectivity index (χ3v) is 7.20. The fraction of sp³-hybridized carbons (Fsp3) is 0.826. The number of amides is 2. The van der Waals surface area contributed by atoms with Crippen molar-refractivity contribution in [1.82, 2.24) is 20.3 Å². The Balaban J connectivity index is 1.95. The van der Waals surface area contributed by atoms with Gasteiger partial charge in [0.15, 0.2) is 12.0 Å². The number of unbranched alkanes of at least 4 members (excludes halogenated alkanes) is 5. The molecule has 13 heteroatoms. The molecule has 2 heterocycles. The minimum atomic E-state index is -1.56. The van der Waals surface area contributed by atoms with E-state index in [4.69, 9.17) is 4.74 Å². The summed E-state index contributed by atoms with van der Waals surface area (Å²) in [7, 11) is 0. The number of nitrogens with one attached hydrogen (secondary N) is 2. The van der Waals surface area contributed by atoms with Gasteiger partial charge in [-0.3, -0.25) is 9.59 Å². The van der Waals surface area contributed by atoms with E-state index in [9.17, 15) is 30.0 Å². The van der Waals surface area contributed by atoms with Crippen LogP contribution in [-0.2, 0) is 14.3 Å². The monoisotopic (exact) mass is 531 g/mol. The van der Waals surface area contributed by atoms with E-state index in [-0.39, 0.29) is 11.7 Å². The number of rotatable bonds is 16. The summed E-state index contributed by atoms with van der Waals surface area (Å²) in [6.07, 6.45) is 2.08. The van der Waals surface area contributed by atoms with Crippen LogP contribution in [-0.4, -0.2) is 95.8 Å². The van der Waals surface area contributed by atoms with Gasteiger partial charge in [0, 0.05) is 12.2 Å². The zero-order chi connectivity index (χ0) is 26.5. The molecule has 0 aliphatic carbocycles. The van der Waals surface area contributed by atoms with E-state index < -0.39 is 49.2 Å². The lowest BCUT2D eigenvalue weighted by Crippen LogP contribution is -2.56. The molecule has 0 aromatic carbocycles. The first-order valence-electron chi connectivity index (χ1n) is 12.7. The molecule has 1 aliphatic rings. The molecule has 12 nitrogen and oxygen atoms in total. The van der Waals surface area contributed by atoms with Crippen molar-refractivity contribution in [2.45, 2.75) is 102 Å². The van der Waals surface area contributed by atoms with Crippen LogP contribution in [0.25, 0.3) is 0 Å². The van der Waals surface area contributed by atoms with Gasteiger partial charge in [-0.2, -0.15) is 11.8 Å². The number of hydrogen-bond acceptors (Lipinski definition) is 10. The second kappa shape index (κ2) is 16.2. The molecule has 0 saturated carbocycles. The number of aliphatic hydroxyl groups is 4. The number of hydrogen-bond donors (Lipinski definition) is 6. The number of anilines is 1. The molecule has 2 amide bonds. The molecule has 0 spiro atoms. The maximum absolute atomic E-state index is 12.9. The highest BCUT2D eigenvalue weighted by Gasteiger charge is 2.44. The molecule has 1 aromatic rings. The summed E-state index contributed by atoms with van der Waals surface area (Å²) in [5, 5.41) is 52.7. The van der Waals surface area contributed by atoms with Crippen LogP contribution in [0.15, 0.2) is 6.20 Å². The van der Waals surface area contributed by atoms with Crippen molar-refractivity contribution in [2.24, 2.45) is 0 Å². The molecule has 6 N–H and O–H groups in total. The second-order valence-corrected chi connectivity index (χ2v) is 10.2. The minimum absolute atomic E-state index is 0.0626. The van der Waals surface area contributed by atoms with E-state index in [0.717, 1.165) is 36.1 Å². The van der Waals surface area contributed by atoms with Crippen LogP contribution in [0, 0.1) is 0 Å². The van der Waals surface area contributed by atoms with Crippen molar-refractivity contribution in [3.63, 3.8) is 0 Å². The molecule has 6 atom stereocenters.